The number of piperidine rings is 1. The van der Waals surface area contributed by atoms with Crippen LogP contribution in [-0.4, -0.2) is 41.9 Å². The molecule has 0 aliphatic carbocycles. The van der Waals surface area contributed by atoms with Crippen molar-refractivity contribution in [1.29, 1.82) is 0 Å². The zero-order valence-electron chi connectivity index (χ0n) is 13.9. The number of likely N-dealkylation sites (tertiary alicyclic amines) is 1. The Kier molecular flexibility index (Phi) is 6.54. The number of rotatable bonds is 5. The number of nitrogens with zero attached hydrogens (tertiary/aromatic N) is 1. The molecule has 0 radical (unpaired) electrons. The number of hydrogen-bond donors (Lipinski definition) is 0. The number of carbonyl (C=O) groups excluding carboxylic acids is 1. The highest BCUT2D eigenvalue weighted by Gasteiger charge is 2.36. The van der Waals surface area contributed by atoms with Crippen LogP contribution in [0.3, 0.4) is 0 Å². The van der Waals surface area contributed by atoms with E-state index in [2.05, 4.69) is 12.8 Å². The SMILES string of the molecule is C#CCCCOC1(CC)CCN(C(=O)OC(C)(C)C)CC1. The Morgan fingerprint density at radius 1 is 1.33 bits per heavy atom. The fourth-order valence-corrected chi connectivity index (χ4v) is 2.49. The van der Waals surface area contributed by atoms with Crippen LogP contribution in [0, 0.1) is 12.3 Å². The summed E-state index contributed by atoms with van der Waals surface area (Å²) >= 11 is 0. The zero-order valence-corrected chi connectivity index (χ0v) is 13.9. The zero-order chi connectivity index (χ0) is 15.9. The molecule has 4 nitrogen and oxygen atoms in total. The van der Waals surface area contributed by atoms with Gasteiger partial charge in [-0.25, -0.2) is 4.79 Å². The molecule has 1 amide bonds. The molecule has 0 spiro atoms. The van der Waals surface area contributed by atoms with Gasteiger partial charge in [-0.2, -0.15) is 0 Å². The third-order valence-corrected chi connectivity index (χ3v) is 3.84. The summed E-state index contributed by atoms with van der Waals surface area (Å²) in [5, 5.41) is 0. The first kappa shape index (κ1) is 17.8. The molecular formula is C17H29NO3. The van der Waals surface area contributed by atoms with Crippen LogP contribution in [0.15, 0.2) is 0 Å². The molecule has 1 aliphatic heterocycles. The fourth-order valence-electron chi connectivity index (χ4n) is 2.49. The standard InChI is InChI=1S/C17H29NO3/c1-6-8-9-14-20-17(7-2)10-12-18(13-11-17)15(19)21-16(3,4)5/h1H,7-14H2,2-5H3. The van der Waals surface area contributed by atoms with Crippen LogP contribution >= 0.6 is 0 Å². The largest absolute Gasteiger partial charge is 0.444 e. The molecule has 0 unspecified atom stereocenters. The number of carbonyl (C=O) groups is 1. The average Bonchev–Trinajstić information content (AvgIpc) is 2.42. The summed E-state index contributed by atoms with van der Waals surface area (Å²) < 4.78 is 11.5. The van der Waals surface area contributed by atoms with E-state index in [1.54, 1.807) is 4.90 Å². The molecule has 1 fully saturated rings. The molecule has 1 aliphatic rings. The Labute approximate surface area is 129 Å². The van der Waals surface area contributed by atoms with Crippen LogP contribution in [0.5, 0.6) is 0 Å². The van der Waals surface area contributed by atoms with Crippen molar-refractivity contribution in [3.05, 3.63) is 0 Å². The molecule has 1 heterocycles. The van der Waals surface area contributed by atoms with Crippen molar-refractivity contribution in [2.75, 3.05) is 19.7 Å². The molecule has 0 aromatic heterocycles. The first-order valence-electron chi connectivity index (χ1n) is 7.87. The number of ether oxygens (including phenoxy) is 2. The lowest BCUT2D eigenvalue weighted by Gasteiger charge is -2.41. The van der Waals surface area contributed by atoms with Gasteiger partial charge in [-0.05, 0) is 46.5 Å². The van der Waals surface area contributed by atoms with Gasteiger partial charge in [0, 0.05) is 26.1 Å². The molecule has 0 N–H and O–H groups in total. The van der Waals surface area contributed by atoms with Crippen molar-refractivity contribution in [3.63, 3.8) is 0 Å². The summed E-state index contributed by atoms with van der Waals surface area (Å²) in [5.41, 5.74) is -0.546. The van der Waals surface area contributed by atoms with Crippen LogP contribution < -0.4 is 0 Å². The fraction of sp³-hybridized carbons (Fsp3) is 0.824. The Balaban J connectivity index is 2.44. The Hall–Kier alpha value is -1.21. The van der Waals surface area contributed by atoms with Gasteiger partial charge in [0.1, 0.15) is 5.60 Å². The molecule has 0 aromatic carbocycles. The van der Waals surface area contributed by atoms with Gasteiger partial charge in [0.25, 0.3) is 0 Å². The van der Waals surface area contributed by atoms with E-state index in [0.717, 1.165) is 32.1 Å². The van der Waals surface area contributed by atoms with Crippen LogP contribution in [0.2, 0.25) is 0 Å². The van der Waals surface area contributed by atoms with E-state index in [9.17, 15) is 4.79 Å². The van der Waals surface area contributed by atoms with E-state index in [1.165, 1.54) is 0 Å². The van der Waals surface area contributed by atoms with Gasteiger partial charge < -0.3 is 14.4 Å². The quantitative estimate of drug-likeness (QED) is 0.574. The number of amides is 1. The van der Waals surface area contributed by atoms with Gasteiger partial charge in [0.15, 0.2) is 0 Å². The van der Waals surface area contributed by atoms with Crippen molar-refractivity contribution in [2.24, 2.45) is 0 Å². The lowest BCUT2D eigenvalue weighted by Crippen LogP contribution is -2.49. The van der Waals surface area contributed by atoms with Gasteiger partial charge >= 0.3 is 6.09 Å². The second-order valence-electron chi connectivity index (χ2n) is 6.66. The average molecular weight is 295 g/mol. The van der Waals surface area contributed by atoms with Crippen LogP contribution in [0.1, 0.15) is 59.8 Å². The molecule has 21 heavy (non-hydrogen) atoms. The summed E-state index contributed by atoms with van der Waals surface area (Å²) in [5.74, 6) is 2.63. The van der Waals surface area contributed by atoms with Crippen molar-refractivity contribution >= 4 is 6.09 Å². The maximum Gasteiger partial charge on any atom is 0.410 e. The van der Waals surface area contributed by atoms with Gasteiger partial charge in [-0.1, -0.05) is 6.92 Å². The lowest BCUT2D eigenvalue weighted by atomic mass is 9.88. The van der Waals surface area contributed by atoms with E-state index in [1.807, 2.05) is 20.8 Å². The van der Waals surface area contributed by atoms with Crippen molar-refractivity contribution in [2.45, 2.75) is 71.0 Å². The minimum Gasteiger partial charge on any atom is -0.444 e. The molecule has 4 heteroatoms. The highest BCUT2D eigenvalue weighted by molar-refractivity contribution is 5.68. The van der Waals surface area contributed by atoms with E-state index in [0.29, 0.717) is 19.7 Å². The van der Waals surface area contributed by atoms with Gasteiger partial charge in [-0.15, -0.1) is 12.3 Å². The first-order valence-corrected chi connectivity index (χ1v) is 7.87. The topological polar surface area (TPSA) is 38.8 Å². The third-order valence-electron chi connectivity index (χ3n) is 3.84. The second-order valence-corrected chi connectivity index (χ2v) is 6.66. The number of unbranched alkanes of at least 4 members (excludes halogenated alkanes) is 1. The Bertz CT molecular complexity index is 370. The maximum atomic E-state index is 12.1. The van der Waals surface area contributed by atoms with Crippen molar-refractivity contribution in [3.8, 4) is 12.3 Å². The summed E-state index contributed by atoms with van der Waals surface area (Å²) in [6.45, 7) is 9.89. The predicted octanol–water partition coefficient (Wildman–Crippen LogP) is 3.60. The molecule has 0 aromatic rings. The van der Waals surface area contributed by atoms with Gasteiger partial charge in [0.05, 0.1) is 5.60 Å². The van der Waals surface area contributed by atoms with Crippen LogP contribution in [0.4, 0.5) is 4.79 Å². The summed E-state index contributed by atoms with van der Waals surface area (Å²) in [4.78, 5) is 13.8. The van der Waals surface area contributed by atoms with Crippen LogP contribution in [-0.2, 0) is 9.47 Å². The first-order chi connectivity index (χ1) is 9.82. The van der Waals surface area contributed by atoms with Crippen LogP contribution in [0.25, 0.3) is 0 Å². The minimum absolute atomic E-state index is 0.104. The number of terminal acetylenes is 1. The second kappa shape index (κ2) is 7.70. The molecule has 0 bridgehead atoms. The predicted molar refractivity (Wildman–Crippen MR) is 84.1 cm³/mol. The Morgan fingerprint density at radius 3 is 2.43 bits per heavy atom. The molecule has 1 saturated heterocycles. The lowest BCUT2D eigenvalue weighted by molar-refractivity contribution is -0.0870. The van der Waals surface area contributed by atoms with E-state index in [-0.39, 0.29) is 11.7 Å². The molecule has 0 atom stereocenters. The molecule has 0 saturated carbocycles. The van der Waals surface area contributed by atoms with E-state index in [4.69, 9.17) is 15.9 Å². The summed E-state index contributed by atoms with van der Waals surface area (Å²) in [6.07, 6.45) is 9.36. The van der Waals surface area contributed by atoms with E-state index < -0.39 is 5.60 Å². The normalized spacial score (nSPS) is 18.1. The van der Waals surface area contributed by atoms with E-state index >= 15 is 0 Å². The van der Waals surface area contributed by atoms with Crippen molar-refractivity contribution < 1.29 is 14.3 Å². The monoisotopic (exact) mass is 295 g/mol. The highest BCUT2D eigenvalue weighted by atomic mass is 16.6. The van der Waals surface area contributed by atoms with Gasteiger partial charge in [-0.3, -0.25) is 0 Å². The third kappa shape index (κ3) is 5.97. The molecule has 1 rings (SSSR count). The summed E-state index contributed by atoms with van der Waals surface area (Å²) in [6, 6.07) is 0. The molecular weight excluding hydrogens is 266 g/mol. The highest BCUT2D eigenvalue weighted by Crippen LogP contribution is 2.30. The maximum absolute atomic E-state index is 12.1. The van der Waals surface area contributed by atoms with Crippen molar-refractivity contribution in [1.82, 2.24) is 4.90 Å². The smallest absolute Gasteiger partial charge is 0.410 e. The summed E-state index contributed by atoms with van der Waals surface area (Å²) in [7, 11) is 0. The van der Waals surface area contributed by atoms with Gasteiger partial charge in [0.2, 0.25) is 0 Å². The Morgan fingerprint density at radius 2 is 1.95 bits per heavy atom. The minimum atomic E-state index is -0.442. The number of hydrogen-bond acceptors (Lipinski definition) is 3. The molecule has 120 valence electrons.